The third kappa shape index (κ3) is 4.47. The Labute approximate surface area is 147 Å². The average molecular weight is 348 g/mol. The number of aryl methyl sites for hydroxylation is 2. The highest BCUT2D eigenvalue weighted by molar-refractivity contribution is 7.15. The molecule has 0 aliphatic rings. The molecule has 1 heterocycles. The maximum Gasteiger partial charge on any atom is 0.230 e. The molecule has 0 bridgehead atoms. The smallest absolute Gasteiger partial charge is 0.230 e. The van der Waals surface area contributed by atoms with E-state index in [0.29, 0.717) is 16.6 Å². The summed E-state index contributed by atoms with van der Waals surface area (Å²) in [5, 5.41) is 3.57. The molecule has 1 amide bonds. The van der Waals surface area contributed by atoms with Crippen LogP contribution in [0.4, 0.5) is 5.13 Å². The van der Waals surface area contributed by atoms with E-state index >= 15 is 0 Å². The molecule has 1 aromatic carbocycles. The number of nitrogens with one attached hydrogen (secondary N) is 1. The third-order valence-corrected chi connectivity index (χ3v) is 4.83. The lowest BCUT2D eigenvalue weighted by atomic mass is 10.1. The van der Waals surface area contributed by atoms with Crippen LogP contribution in [-0.4, -0.2) is 25.1 Å². The summed E-state index contributed by atoms with van der Waals surface area (Å²) in [6.45, 7) is 4.24. The Morgan fingerprint density at radius 2 is 2.04 bits per heavy atom. The van der Waals surface area contributed by atoms with Crippen LogP contribution in [0.25, 0.3) is 0 Å². The molecular formula is C18H24N2O3S. The van der Waals surface area contributed by atoms with E-state index in [9.17, 15) is 4.79 Å². The SMILES string of the molecule is CCCc1nc(NC(=O)Cc2cc(OC)ccc2OC)sc1CC. The highest BCUT2D eigenvalue weighted by Gasteiger charge is 2.14. The minimum Gasteiger partial charge on any atom is -0.497 e. The first-order chi connectivity index (χ1) is 11.6. The highest BCUT2D eigenvalue weighted by Crippen LogP contribution is 2.27. The molecule has 1 N–H and O–H groups in total. The number of anilines is 1. The van der Waals surface area contributed by atoms with E-state index in [1.54, 1.807) is 31.6 Å². The monoisotopic (exact) mass is 348 g/mol. The Bertz CT molecular complexity index is 698. The first-order valence-corrected chi connectivity index (χ1v) is 8.92. The summed E-state index contributed by atoms with van der Waals surface area (Å²) in [5.74, 6) is 1.26. The van der Waals surface area contributed by atoms with Crippen LogP contribution in [-0.2, 0) is 24.1 Å². The van der Waals surface area contributed by atoms with Crippen LogP contribution in [0, 0.1) is 0 Å². The van der Waals surface area contributed by atoms with Crippen molar-refractivity contribution in [2.24, 2.45) is 0 Å². The van der Waals surface area contributed by atoms with E-state index in [-0.39, 0.29) is 12.3 Å². The van der Waals surface area contributed by atoms with Crippen molar-refractivity contribution in [1.29, 1.82) is 0 Å². The summed E-state index contributed by atoms with van der Waals surface area (Å²) in [4.78, 5) is 18.2. The van der Waals surface area contributed by atoms with Crippen molar-refractivity contribution in [2.45, 2.75) is 39.5 Å². The molecule has 2 rings (SSSR count). The van der Waals surface area contributed by atoms with Crippen molar-refractivity contribution in [3.63, 3.8) is 0 Å². The van der Waals surface area contributed by atoms with E-state index < -0.39 is 0 Å². The number of carbonyl (C=O) groups excluding carboxylic acids is 1. The van der Waals surface area contributed by atoms with Gasteiger partial charge in [-0.15, -0.1) is 11.3 Å². The first kappa shape index (κ1) is 18.3. The fourth-order valence-electron chi connectivity index (χ4n) is 2.50. The van der Waals surface area contributed by atoms with Crippen LogP contribution < -0.4 is 14.8 Å². The molecule has 0 unspecified atom stereocenters. The number of ether oxygens (including phenoxy) is 2. The van der Waals surface area contributed by atoms with Gasteiger partial charge in [0.15, 0.2) is 5.13 Å². The Morgan fingerprint density at radius 3 is 2.67 bits per heavy atom. The van der Waals surface area contributed by atoms with Gasteiger partial charge in [0.1, 0.15) is 11.5 Å². The fraction of sp³-hybridized carbons (Fsp3) is 0.444. The molecule has 0 saturated heterocycles. The molecule has 1 aromatic heterocycles. The zero-order chi connectivity index (χ0) is 17.5. The van der Waals surface area contributed by atoms with Crippen LogP contribution in [0.2, 0.25) is 0 Å². The number of amides is 1. The standard InChI is InChI=1S/C18H24N2O3S/c1-5-7-14-16(6-2)24-18(19-14)20-17(21)11-12-10-13(22-3)8-9-15(12)23-4/h8-10H,5-7,11H2,1-4H3,(H,19,20,21). The maximum atomic E-state index is 12.4. The summed E-state index contributed by atoms with van der Waals surface area (Å²) < 4.78 is 10.5. The quantitative estimate of drug-likeness (QED) is 0.787. The largest absolute Gasteiger partial charge is 0.497 e. The van der Waals surface area contributed by atoms with Gasteiger partial charge in [-0.3, -0.25) is 4.79 Å². The minimum absolute atomic E-state index is 0.110. The average Bonchev–Trinajstić information content (AvgIpc) is 2.96. The molecule has 0 saturated carbocycles. The predicted octanol–water partition coefficient (Wildman–Crippen LogP) is 3.86. The Morgan fingerprint density at radius 1 is 1.25 bits per heavy atom. The van der Waals surface area contributed by atoms with Gasteiger partial charge >= 0.3 is 0 Å². The van der Waals surface area contributed by atoms with Crippen molar-refractivity contribution in [1.82, 2.24) is 4.98 Å². The summed E-state index contributed by atoms with van der Waals surface area (Å²) in [7, 11) is 3.19. The molecule has 5 nitrogen and oxygen atoms in total. The van der Waals surface area contributed by atoms with Crippen molar-refractivity contribution in [2.75, 3.05) is 19.5 Å². The van der Waals surface area contributed by atoms with Crippen LogP contribution in [0.3, 0.4) is 0 Å². The number of carbonyl (C=O) groups is 1. The van der Waals surface area contributed by atoms with Gasteiger partial charge in [-0.25, -0.2) is 4.98 Å². The Kier molecular flexibility index (Phi) is 6.61. The summed E-state index contributed by atoms with van der Waals surface area (Å²) in [5.41, 5.74) is 1.88. The van der Waals surface area contributed by atoms with Gasteiger partial charge in [0.2, 0.25) is 5.91 Å². The molecule has 0 atom stereocenters. The Hall–Kier alpha value is -2.08. The van der Waals surface area contributed by atoms with Crippen LogP contribution >= 0.6 is 11.3 Å². The van der Waals surface area contributed by atoms with E-state index in [0.717, 1.165) is 30.5 Å². The second-order valence-corrected chi connectivity index (χ2v) is 6.48. The van der Waals surface area contributed by atoms with Crippen LogP contribution in [0.5, 0.6) is 11.5 Å². The summed E-state index contributed by atoms with van der Waals surface area (Å²) >= 11 is 1.56. The normalized spacial score (nSPS) is 10.5. The van der Waals surface area contributed by atoms with Gasteiger partial charge in [0, 0.05) is 10.4 Å². The zero-order valence-electron chi connectivity index (χ0n) is 14.6. The first-order valence-electron chi connectivity index (χ1n) is 8.10. The molecule has 130 valence electrons. The van der Waals surface area contributed by atoms with Gasteiger partial charge in [-0.2, -0.15) is 0 Å². The summed E-state index contributed by atoms with van der Waals surface area (Å²) in [6, 6.07) is 5.44. The van der Waals surface area contributed by atoms with Crippen molar-refractivity contribution >= 4 is 22.4 Å². The molecule has 0 spiro atoms. The molecular weight excluding hydrogens is 324 g/mol. The zero-order valence-corrected chi connectivity index (χ0v) is 15.5. The number of thiazole rings is 1. The number of aromatic nitrogens is 1. The Balaban J connectivity index is 2.11. The number of hydrogen-bond donors (Lipinski definition) is 1. The van der Waals surface area contributed by atoms with Gasteiger partial charge in [-0.05, 0) is 31.0 Å². The van der Waals surface area contributed by atoms with Crippen molar-refractivity contribution in [3.8, 4) is 11.5 Å². The number of methoxy groups -OCH3 is 2. The highest BCUT2D eigenvalue weighted by atomic mass is 32.1. The molecule has 0 aliphatic heterocycles. The van der Waals surface area contributed by atoms with Crippen LogP contribution in [0.15, 0.2) is 18.2 Å². The second kappa shape index (κ2) is 8.68. The van der Waals surface area contributed by atoms with Crippen molar-refractivity contribution in [3.05, 3.63) is 34.3 Å². The lowest BCUT2D eigenvalue weighted by Crippen LogP contribution is -2.15. The van der Waals surface area contributed by atoms with E-state index in [1.807, 2.05) is 12.1 Å². The number of benzene rings is 1. The second-order valence-electron chi connectivity index (χ2n) is 5.40. The minimum atomic E-state index is -0.110. The predicted molar refractivity (Wildman–Crippen MR) is 97.4 cm³/mol. The van der Waals surface area contributed by atoms with Gasteiger partial charge < -0.3 is 14.8 Å². The van der Waals surface area contributed by atoms with Crippen LogP contribution in [0.1, 0.15) is 36.4 Å². The maximum absolute atomic E-state index is 12.4. The number of hydrogen-bond acceptors (Lipinski definition) is 5. The number of nitrogens with zero attached hydrogens (tertiary/aromatic N) is 1. The van der Waals surface area contributed by atoms with Gasteiger partial charge in [0.25, 0.3) is 0 Å². The van der Waals surface area contributed by atoms with Crippen molar-refractivity contribution < 1.29 is 14.3 Å². The lowest BCUT2D eigenvalue weighted by molar-refractivity contribution is -0.115. The molecule has 0 radical (unpaired) electrons. The van der Waals surface area contributed by atoms with E-state index in [4.69, 9.17) is 9.47 Å². The molecule has 2 aromatic rings. The molecule has 6 heteroatoms. The summed E-state index contributed by atoms with van der Waals surface area (Å²) in [6.07, 6.45) is 3.14. The number of rotatable bonds is 8. The molecule has 0 fully saturated rings. The topological polar surface area (TPSA) is 60.5 Å². The fourth-order valence-corrected chi connectivity index (χ4v) is 3.47. The van der Waals surface area contributed by atoms with E-state index in [2.05, 4.69) is 24.1 Å². The van der Waals surface area contributed by atoms with Gasteiger partial charge in [-0.1, -0.05) is 20.3 Å². The third-order valence-electron chi connectivity index (χ3n) is 3.67. The molecule has 0 aliphatic carbocycles. The lowest BCUT2D eigenvalue weighted by Gasteiger charge is -2.10. The molecule has 24 heavy (non-hydrogen) atoms. The van der Waals surface area contributed by atoms with Gasteiger partial charge in [0.05, 0.1) is 26.3 Å². The van der Waals surface area contributed by atoms with E-state index in [1.165, 1.54) is 4.88 Å².